The fraction of sp³-hybridized carbons (Fsp3) is 0.143. The summed E-state index contributed by atoms with van der Waals surface area (Å²) in [6.07, 6.45) is 5.14. The number of carbonyl (C=O) groups is 1. The van der Waals surface area contributed by atoms with Gasteiger partial charge in [-0.3, -0.25) is 9.78 Å². The molecule has 29 heavy (non-hydrogen) atoms. The maximum atomic E-state index is 13.1. The molecule has 5 rings (SSSR count). The van der Waals surface area contributed by atoms with Crippen LogP contribution in [0.5, 0.6) is 5.88 Å². The van der Waals surface area contributed by atoms with Gasteiger partial charge in [0.1, 0.15) is 24.3 Å². The molecule has 0 bridgehead atoms. The molecular weight excluding hydrogens is 368 g/mol. The average molecular weight is 386 g/mol. The van der Waals surface area contributed by atoms with Crippen LogP contribution in [0.4, 0.5) is 11.5 Å². The van der Waals surface area contributed by atoms with Crippen LogP contribution in [0.2, 0.25) is 0 Å². The maximum Gasteiger partial charge on any atom is 0.267 e. The van der Waals surface area contributed by atoms with E-state index in [2.05, 4.69) is 19.5 Å². The van der Waals surface area contributed by atoms with Gasteiger partial charge in [0.05, 0.1) is 23.9 Å². The highest BCUT2D eigenvalue weighted by molar-refractivity contribution is 6.11. The Labute approximate surface area is 166 Å². The number of aryl methyl sites for hydroxylation is 1. The molecule has 4 aromatic rings. The van der Waals surface area contributed by atoms with E-state index in [1.165, 1.54) is 6.33 Å². The lowest BCUT2D eigenvalue weighted by atomic mass is 10.2. The van der Waals surface area contributed by atoms with Crippen molar-refractivity contribution in [2.45, 2.75) is 6.92 Å². The van der Waals surface area contributed by atoms with Crippen molar-refractivity contribution in [3.05, 3.63) is 66.4 Å². The molecule has 0 saturated carbocycles. The van der Waals surface area contributed by atoms with Gasteiger partial charge in [-0.2, -0.15) is 0 Å². The molecule has 1 aromatic carbocycles. The standard InChI is InChI=1S/C21H18N6O2/c1-13-2-3-16(11-23-13)26-7-6-14-10-15(4-5-17(14)26)27-8-9-29-20-18(21(27)28)19(22)24-12-25-20/h2-7,10-12H,8-9H2,1H3,(H2,22,24,25). The topological polar surface area (TPSA) is 99.2 Å². The van der Waals surface area contributed by atoms with E-state index in [1.54, 1.807) is 4.90 Å². The van der Waals surface area contributed by atoms with Gasteiger partial charge in [0.15, 0.2) is 0 Å². The SMILES string of the molecule is Cc1ccc(-n2ccc3cc(N4CCOc5ncnc(N)c5C4=O)ccc32)cn1. The third-order valence-electron chi connectivity index (χ3n) is 5.01. The molecule has 144 valence electrons. The number of nitrogen functional groups attached to an aromatic ring is 1. The van der Waals surface area contributed by atoms with Crippen molar-refractivity contribution in [2.24, 2.45) is 0 Å². The highest BCUT2D eigenvalue weighted by atomic mass is 16.5. The van der Waals surface area contributed by atoms with E-state index in [1.807, 2.05) is 55.7 Å². The van der Waals surface area contributed by atoms with Crippen molar-refractivity contribution in [1.82, 2.24) is 19.5 Å². The van der Waals surface area contributed by atoms with E-state index in [0.29, 0.717) is 13.2 Å². The lowest BCUT2D eigenvalue weighted by Crippen LogP contribution is -2.32. The molecule has 0 unspecified atom stereocenters. The second-order valence-electron chi connectivity index (χ2n) is 6.83. The molecule has 0 spiro atoms. The molecule has 0 saturated heterocycles. The van der Waals surface area contributed by atoms with Gasteiger partial charge in [0.25, 0.3) is 5.91 Å². The number of hydrogen-bond donors (Lipinski definition) is 1. The Kier molecular flexibility index (Phi) is 3.90. The molecule has 0 aliphatic carbocycles. The Hall–Kier alpha value is -3.94. The molecule has 8 heteroatoms. The first-order chi connectivity index (χ1) is 14.1. The van der Waals surface area contributed by atoms with Crippen LogP contribution in [0.25, 0.3) is 16.6 Å². The first-order valence-corrected chi connectivity index (χ1v) is 9.21. The highest BCUT2D eigenvalue weighted by Crippen LogP contribution is 2.30. The zero-order valence-corrected chi connectivity index (χ0v) is 15.7. The van der Waals surface area contributed by atoms with Crippen LogP contribution in [0.3, 0.4) is 0 Å². The van der Waals surface area contributed by atoms with E-state index in [4.69, 9.17) is 10.5 Å². The molecule has 0 radical (unpaired) electrons. The van der Waals surface area contributed by atoms with Gasteiger partial charge in [0, 0.05) is 23.0 Å². The summed E-state index contributed by atoms with van der Waals surface area (Å²) >= 11 is 0. The monoisotopic (exact) mass is 386 g/mol. The van der Waals surface area contributed by atoms with Gasteiger partial charge in [0.2, 0.25) is 5.88 Å². The van der Waals surface area contributed by atoms with Crippen LogP contribution < -0.4 is 15.4 Å². The van der Waals surface area contributed by atoms with Crippen LogP contribution in [-0.4, -0.2) is 38.6 Å². The third-order valence-corrected chi connectivity index (χ3v) is 5.01. The normalized spacial score (nSPS) is 13.8. The quantitative estimate of drug-likeness (QED) is 0.569. The summed E-state index contributed by atoms with van der Waals surface area (Å²) in [5.41, 5.74) is 9.87. The Bertz CT molecular complexity index is 1230. The van der Waals surface area contributed by atoms with E-state index < -0.39 is 0 Å². The first-order valence-electron chi connectivity index (χ1n) is 9.21. The number of pyridine rings is 1. The minimum absolute atomic E-state index is 0.117. The number of anilines is 2. The molecule has 2 N–H and O–H groups in total. The lowest BCUT2D eigenvalue weighted by molar-refractivity contribution is 0.0990. The number of carbonyl (C=O) groups excluding carboxylic acids is 1. The molecule has 8 nitrogen and oxygen atoms in total. The molecule has 3 aromatic heterocycles. The molecule has 0 fully saturated rings. The van der Waals surface area contributed by atoms with Crippen molar-refractivity contribution in [2.75, 3.05) is 23.8 Å². The molecule has 1 aliphatic heterocycles. The molecule has 1 aliphatic rings. The van der Waals surface area contributed by atoms with E-state index in [9.17, 15) is 4.79 Å². The summed E-state index contributed by atoms with van der Waals surface area (Å²) in [4.78, 5) is 27.1. The maximum absolute atomic E-state index is 13.1. The highest BCUT2D eigenvalue weighted by Gasteiger charge is 2.28. The van der Waals surface area contributed by atoms with Crippen molar-refractivity contribution >= 4 is 28.3 Å². The van der Waals surface area contributed by atoms with Crippen LogP contribution in [0.1, 0.15) is 16.1 Å². The van der Waals surface area contributed by atoms with Crippen LogP contribution in [-0.2, 0) is 0 Å². The van der Waals surface area contributed by atoms with Gasteiger partial charge in [-0.15, -0.1) is 0 Å². The van der Waals surface area contributed by atoms with Gasteiger partial charge >= 0.3 is 0 Å². The Morgan fingerprint density at radius 2 is 1.93 bits per heavy atom. The summed E-state index contributed by atoms with van der Waals surface area (Å²) in [6.45, 7) is 2.67. The minimum Gasteiger partial charge on any atom is -0.475 e. The number of benzene rings is 1. The van der Waals surface area contributed by atoms with E-state index >= 15 is 0 Å². The largest absolute Gasteiger partial charge is 0.475 e. The predicted molar refractivity (Wildman–Crippen MR) is 109 cm³/mol. The summed E-state index contributed by atoms with van der Waals surface area (Å²) in [6, 6.07) is 11.9. The number of aromatic nitrogens is 4. The van der Waals surface area contributed by atoms with E-state index in [0.717, 1.165) is 28.0 Å². The van der Waals surface area contributed by atoms with Gasteiger partial charge in [-0.05, 0) is 43.3 Å². The fourth-order valence-corrected chi connectivity index (χ4v) is 3.53. The smallest absolute Gasteiger partial charge is 0.267 e. The zero-order chi connectivity index (χ0) is 20.0. The second-order valence-corrected chi connectivity index (χ2v) is 6.83. The third kappa shape index (κ3) is 2.85. The van der Waals surface area contributed by atoms with Gasteiger partial charge in [-0.1, -0.05) is 0 Å². The number of hydrogen-bond acceptors (Lipinski definition) is 6. The van der Waals surface area contributed by atoms with E-state index in [-0.39, 0.29) is 23.2 Å². The minimum atomic E-state index is -0.267. The number of nitrogens with zero attached hydrogens (tertiary/aromatic N) is 5. The molecular formula is C21H18N6O2. The Morgan fingerprint density at radius 1 is 1.07 bits per heavy atom. The fourth-order valence-electron chi connectivity index (χ4n) is 3.53. The number of amides is 1. The Morgan fingerprint density at radius 3 is 2.76 bits per heavy atom. The van der Waals surface area contributed by atoms with Crippen molar-refractivity contribution in [3.63, 3.8) is 0 Å². The van der Waals surface area contributed by atoms with Crippen molar-refractivity contribution in [1.29, 1.82) is 0 Å². The van der Waals surface area contributed by atoms with Crippen molar-refractivity contribution < 1.29 is 9.53 Å². The summed E-state index contributed by atoms with van der Waals surface area (Å²) in [5.74, 6) is 0.0761. The number of rotatable bonds is 2. The molecule has 1 amide bonds. The molecule has 4 heterocycles. The number of fused-ring (bicyclic) bond motifs is 2. The summed E-state index contributed by atoms with van der Waals surface area (Å²) in [5, 5.41) is 1.01. The van der Waals surface area contributed by atoms with Crippen LogP contribution >= 0.6 is 0 Å². The molecule has 0 atom stereocenters. The summed E-state index contributed by atoms with van der Waals surface area (Å²) in [7, 11) is 0. The van der Waals surface area contributed by atoms with Gasteiger partial charge < -0.3 is 19.9 Å². The van der Waals surface area contributed by atoms with Gasteiger partial charge in [-0.25, -0.2) is 9.97 Å². The van der Waals surface area contributed by atoms with Crippen LogP contribution in [0.15, 0.2) is 55.1 Å². The number of nitrogens with two attached hydrogens (primary N) is 1. The number of ether oxygens (including phenoxy) is 1. The van der Waals surface area contributed by atoms with Crippen molar-refractivity contribution in [3.8, 4) is 11.6 Å². The average Bonchev–Trinajstić information content (AvgIpc) is 3.06. The lowest BCUT2D eigenvalue weighted by Gasteiger charge is -2.20. The van der Waals surface area contributed by atoms with Crippen LogP contribution in [0, 0.1) is 6.92 Å². The predicted octanol–water partition coefficient (Wildman–Crippen LogP) is 2.75. The summed E-state index contributed by atoms with van der Waals surface area (Å²) < 4.78 is 7.68. The zero-order valence-electron chi connectivity index (χ0n) is 15.7. The first kappa shape index (κ1) is 17.2. The second kappa shape index (κ2) is 6.59. The Balaban J connectivity index is 1.55.